The predicted molar refractivity (Wildman–Crippen MR) is 83.4 cm³/mol. The largest absolute Gasteiger partial charge is 0.298 e. The monoisotopic (exact) mass is 291 g/mol. The Morgan fingerprint density at radius 2 is 1.73 bits per heavy atom. The molecule has 1 aliphatic rings. The van der Waals surface area contributed by atoms with E-state index in [0.717, 1.165) is 24.7 Å². The molecule has 0 fully saturated rings. The van der Waals surface area contributed by atoms with Crippen LogP contribution in [-0.2, 0) is 0 Å². The molecule has 0 saturated heterocycles. The highest BCUT2D eigenvalue weighted by Gasteiger charge is 2.11. The standard InChI is InChI=1S/C17H13N3O2/c21-10-12-4-6-19-15(7-12)17-9-13(11-22)8-16(20-17)14-3-1-2-5-18-14/h1,3-4,6-11H,2,5H2. The number of pyridine rings is 2. The molecule has 5 heteroatoms. The van der Waals surface area contributed by atoms with Crippen LogP contribution in [0, 0.1) is 0 Å². The van der Waals surface area contributed by atoms with E-state index in [0.29, 0.717) is 34.8 Å². The van der Waals surface area contributed by atoms with Crippen molar-refractivity contribution in [3.8, 4) is 11.4 Å². The lowest BCUT2D eigenvalue weighted by atomic mass is 10.1. The van der Waals surface area contributed by atoms with Gasteiger partial charge in [0.2, 0.25) is 0 Å². The van der Waals surface area contributed by atoms with E-state index in [4.69, 9.17) is 0 Å². The van der Waals surface area contributed by atoms with E-state index in [1.165, 1.54) is 0 Å². The fourth-order valence-corrected chi connectivity index (χ4v) is 2.22. The third-order valence-corrected chi connectivity index (χ3v) is 3.28. The van der Waals surface area contributed by atoms with Crippen LogP contribution in [0.25, 0.3) is 11.4 Å². The minimum Gasteiger partial charge on any atom is -0.298 e. The summed E-state index contributed by atoms with van der Waals surface area (Å²) in [7, 11) is 0. The average molecular weight is 291 g/mol. The molecule has 108 valence electrons. The Bertz CT molecular complexity index is 794. The first-order valence-electron chi connectivity index (χ1n) is 6.90. The Hall–Kier alpha value is -2.95. The van der Waals surface area contributed by atoms with Crippen molar-refractivity contribution in [2.75, 3.05) is 6.54 Å². The summed E-state index contributed by atoms with van der Waals surface area (Å²) in [5, 5.41) is 0. The Labute approximate surface area is 127 Å². The van der Waals surface area contributed by atoms with Gasteiger partial charge in [0.15, 0.2) is 0 Å². The van der Waals surface area contributed by atoms with Gasteiger partial charge >= 0.3 is 0 Å². The van der Waals surface area contributed by atoms with E-state index in [1.807, 2.05) is 12.2 Å². The number of rotatable bonds is 4. The van der Waals surface area contributed by atoms with Crippen molar-refractivity contribution in [3.05, 3.63) is 59.4 Å². The summed E-state index contributed by atoms with van der Waals surface area (Å²) in [5.74, 6) is 0. The zero-order valence-electron chi connectivity index (χ0n) is 11.8. The van der Waals surface area contributed by atoms with Crippen molar-refractivity contribution in [2.24, 2.45) is 4.99 Å². The smallest absolute Gasteiger partial charge is 0.150 e. The molecule has 0 bridgehead atoms. The van der Waals surface area contributed by atoms with Crippen LogP contribution in [0.5, 0.6) is 0 Å². The SMILES string of the molecule is O=Cc1ccnc(-c2cc(C=O)cc(C3=NCCC=C3)n2)c1. The van der Waals surface area contributed by atoms with Crippen molar-refractivity contribution in [2.45, 2.75) is 6.42 Å². The maximum Gasteiger partial charge on any atom is 0.150 e. The lowest BCUT2D eigenvalue weighted by Crippen LogP contribution is -2.07. The number of aromatic nitrogens is 2. The molecule has 3 rings (SSSR count). The van der Waals surface area contributed by atoms with Gasteiger partial charge in [0.1, 0.15) is 12.6 Å². The van der Waals surface area contributed by atoms with Crippen LogP contribution >= 0.6 is 0 Å². The fourth-order valence-electron chi connectivity index (χ4n) is 2.22. The van der Waals surface area contributed by atoms with Crippen LogP contribution in [-0.4, -0.2) is 34.8 Å². The molecule has 0 unspecified atom stereocenters. The number of aldehydes is 2. The van der Waals surface area contributed by atoms with Crippen LogP contribution in [0.1, 0.15) is 32.8 Å². The van der Waals surface area contributed by atoms with Crippen molar-refractivity contribution in [1.82, 2.24) is 9.97 Å². The molecular weight excluding hydrogens is 278 g/mol. The summed E-state index contributed by atoms with van der Waals surface area (Å²) in [6.45, 7) is 0.715. The van der Waals surface area contributed by atoms with Crippen LogP contribution in [0.15, 0.2) is 47.6 Å². The van der Waals surface area contributed by atoms with E-state index >= 15 is 0 Å². The molecular formula is C17H13N3O2. The second-order valence-electron chi connectivity index (χ2n) is 4.84. The molecule has 0 aromatic carbocycles. The fraction of sp³-hybridized carbons (Fsp3) is 0.118. The summed E-state index contributed by atoms with van der Waals surface area (Å²) >= 11 is 0. The molecule has 5 nitrogen and oxygen atoms in total. The van der Waals surface area contributed by atoms with Gasteiger partial charge in [-0.2, -0.15) is 0 Å². The molecule has 22 heavy (non-hydrogen) atoms. The lowest BCUT2D eigenvalue weighted by Gasteiger charge is -2.09. The maximum absolute atomic E-state index is 11.2. The first kappa shape index (κ1) is 14.0. The summed E-state index contributed by atoms with van der Waals surface area (Å²) in [6, 6.07) is 6.62. The molecule has 0 amide bonds. The minimum absolute atomic E-state index is 0.500. The second-order valence-corrected chi connectivity index (χ2v) is 4.84. The van der Waals surface area contributed by atoms with Crippen molar-refractivity contribution < 1.29 is 9.59 Å². The molecule has 3 heterocycles. The van der Waals surface area contributed by atoms with Gasteiger partial charge in [-0.1, -0.05) is 6.08 Å². The normalized spacial score (nSPS) is 13.5. The number of allylic oxidation sites excluding steroid dienone is 1. The van der Waals surface area contributed by atoms with Gasteiger partial charge in [0.05, 0.1) is 22.8 Å². The summed E-state index contributed by atoms with van der Waals surface area (Å²) in [4.78, 5) is 35.3. The number of aliphatic imine (C=N–C) groups is 1. The Morgan fingerprint density at radius 3 is 2.45 bits per heavy atom. The third kappa shape index (κ3) is 2.88. The quantitative estimate of drug-likeness (QED) is 0.811. The van der Waals surface area contributed by atoms with Crippen LogP contribution in [0.2, 0.25) is 0 Å². The first-order valence-corrected chi connectivity index (χ1v) is 6.90. The topological polar surface area (TPSA) is 72.3 Å². The summed E-state index contributed by atoms with van der Waals surface area (Å²) < 4.78 is 0. The van der Waals surface area contributed by atoms with E-state index in [2.05, 4.69) is 15.0 Å². The first-order chi connectivity index (χ1) is 10.8. The molecule has 2 aromatic heterocycles. The van der Waals surface area contributed by atoms with Gasteiger partial charge in [-0.05, 0) is 36.8 Å². The van der Waals surface area contributed by atoms with Crippen molar-refractivity contribution >= 4 is 18.3 Å². The molecule has 1 aliphatic heterocycles. The van der Waals surface area contributed by atoms with Gasteiger partial charge in [-0.3, -0.25) is 19.6 Å². The van der Waals surface area contributed by atoms with Gasteiger partial charge < -0.3 is 0 Å². The van der Waals surface area contributed by atoms with Gasteiger partial charge in [-0.15, -0.1) is 0 Å². The average Bonchev–Trinajstić information content (AvgIpc) is 2.62. The molecule has 0 radical (unpaired) electrons. The number of carbonyl (C=O) groups is 2. The van der Waals surface area contributed by atoms with Crippen LogP contribution < -0.4 is 0 Å². The van der Waals surface area contributed by atoms with Gasteiger partial charge in [-0.25, -0.2) is 4.98 Å². The molecule has 0 spiro atoms. The zero-order valence-corrected chi connectivity index (χ0v) is 11.8. The zero-order chi connectivity index (χ0) is 15.4. The summed E-state index contributed by atoms with van der Waals surface area (Å²) in [5.41, 5.74) is 3.50. The molecule has 0 aliphatic carbocycles. The van der Waals surface area contributed by atoms with Crippen LogP contribution in [0.3, 0.4) is 0 Å². The predicted octanol–water partition coefficient (Wildman–Crippen LogP) is 2.52. The highest BCUT2D eigenvalue weighted by atomic mass is 16.1. The Kier molecular flexibility index (Phi) is 3.96. The maximum atomic E-state index is 11.2. The van der Waals surface area contributed by atoms with Crippen molar-refractivity contribution in [1.29, 1.82) is 0 Å². The molecule has 2 aromatic rings. The number of carbonyl (C=O) groups excluding carboxylic acids is 2. The molecule has 0 N–H and O–H groups in total. The third-order valence-electron chi connectivity index (χ3n) is 3.28. The van der Waals surface area contributed by atoms with E-state index < -0.39 is 0 Å². The van der Waals surface area contributed by atoms with E-state index in [9.17, 15) is 9.59 Å². The Balaban J connectivity index is 2.11. The van der Waals surface area contributed by atoms with Crippen molar-refractivity contribution in [3.63, 3.8) is 0 Å². The summed E-state index contributed by atoms with van der Waals surface area (Å²) in [6.07, 6.45) is 7.91. The number of dihydropyridines is 1. The van der Waals surface area contributed by atoms with E-state index in [1.54, 1.807) is 30.5 Å². The number of hydrogen-bond donors (Lipinski definition) is 0. The van der Waals surface area contributed by atoms with E-state index in [-0.39, 0.29) is 0 Å². The number of nitrogens with zero attached hydrogens (tertiary/aromatic N) is 3. The Morgan fingerprint density at radius 1 is 0.955 bits per heavy atom. The van der Waals surface area contributed by atoms with Crippen LogP contribution in [0.4, 0.5) is 0 Å². The highest BCUT2D eigenvalue weighted by molar-refractivity contribution is 6.08. The minimum atomic E-state index is 0.500. The molecule has 0 saturated carbocycles. The number of hydrogen-bond acceptors (Lipinski definition) is 5. The highest BCUT2D eigenvalue weighted by Crippen LogP contribution is 2.18. The second kappa shape index (κ2) is 6.22. The lowest BCUT2D eigenvalue weighted by molar-refractivity contribution is 0.111. The van der Waals surface area contributed by atoms with Gasteiger partial charge in [0.25, 0.3) is 0 Å². The van der Waals surface area contributed by atoms with Gasteiger partial charge in [0, 0.05) is 23.9 Å². The molecule has 0 atom stereocenters.